The molecule has 0 unspecified atom stereocenters. The molecule has 59 heavy (non-hydrogen) atoms. The number of likely N-dealkylation sites (tertiary alicyclic amines) is 1. The molecule has 0 radical (unpaired) electrons. The first-order valence-electron chi connectivity index (χ1n) is 20.8. The van der Waals surface area contributed by atoms with Crippen LogP contribution in [0.5, 0.6) is 5.88 Å². The molecule has 2 aromatic rings. The van der Waals surface area contributed by atoms with E-state index in [0.29, 0.717) is 43.7 Å². The maximum absolute atomic E-state index is 14.8. The summed E-state index contributed by atoms with van der Waals surface area (Å²) in [5, 5.41) is 0. The Bertz CT molecular complexity index is 2020. The fourth-order valence-electron chi connectivity index (χ4n) is 8.29. The number of benzene rings is 1. The second-order valence-electron chi connectivity index (χ2n) is 19.2. The molecule has 16 heteroatoms. The zero-order chi connectivity index (χ0) is 43.1. The van der Waals surface area contributed by atoms with Crippen molar-refractivity contribution in [3.8, 4) is 5.88 Å². The van der Waals surface area contributed by atoms with Gasteiger partial charge in [-0.2, -0.15) is 13.4 Å². The van der Waals surface area contributed by atoms with Crippen molar-refractivity contribution in [2.24, 2.45) is 22.7 Å². The van der Waals surface area contributed by atoms with Gasteiger partial charge in [0.25, 0.3) is 0 Å². The SMILES string of the molecule is CC[C@@H]1C[C@]1(CC(=O)[C@@H]1C[C@@H](Oc2cc(N3CCCC3)nc(Cc3ccc(F)cc3)n2)CN1C(=O)[C@@H](CC(=O)OC(C)(C)C)C(C)(C)C)C(=O)NS(=O)(=O)OC1(C)CC1. The van der Waals surface area contributed by atoms with Crippen molar-refractivity contribution in [2.45, 2.75) is 143 Å². The fourth-order valence-corrected chi connectivity index (χ4v) is 9.46. The summed E-state index contributed by atoms with van der Waals surface area (Å²) in [6.07, 6.45) is 3.09. The maximum atomic E-state index is 14.8. The molecule has 2 amide bonds. The van der Waals surface area contributed by atoms with E-state index in [-0.39, 0.29) is 43.4 Å². The third kappa shape index (κ3) is 11.2. The number of amides is 2. The third-order valence-corrected chi connectivity index (χ3v) is 13.0. The highest BCUT2D eigenvalue weighted by Crippen LogP contribution is 2.58. The molecule has 3 heterocycles. The van der Waals surface area contributed by atoms with Gasteiger partial charge in [0.15, 0.2) is 5.78 Å². The van der Waals surface area contributed by atoms with Gasteiger partial charge in [0, 0.05) is 38.4 Å². The van der Waals surface area contributed by atoms with E-state index in [0.717, 1.165) is 31.5 Å². The molecule has 0 spiro atoms. The van der Waals surface area contributed by atoms with Gasteiger partial charge < -0.3 is 19.3 Å². The first-order valence-corrected chi connectivity index (χ1v) is 22.3. The number of anilines is 1. The van der Waals surface area contributed by atoms with Crippen molar-refractivity contribution in [2.75, 3.05) is 24.5 Å². The van der Waals surface area contributed by atoms with Crippen LogP contribution in [0.3, 0.4) is 0 Å². The van der Waals surface area contributed by atoms with Gasteiger partial charge in [0.05, 0.1) is 35.9 Å². The number of rotatable bonds is 16. The maximum Gasteiger partial charge on any atom is 0.362 e. The molecule has 0 bridgehead atoms. The highest BCUT2D eigenvalue weighted by Gasteiger charge is 2.62. The molecule has 1 aromatic heterocycles. The van der Waals surface area contributed by atoms with Crippen LogP contribution in [0, 0.1) is 28.5 Å². The second kappa shape index (κ2) is 16.7. The van der Waals surface area contributed by atoms with Gasteiger partial charge in [0.1, 0.15) is 29.2 Å². The van der Waals surface area contributed by atoms with Crippen LogP contribution in [0.25, 0.3) is 0 Å². The smallest absolute Gasteiger partial charge is 0.362 e. The molecule has 2 saturated heterocycles. The molecule has 324 valence electrons. The number of carbonyl (C=O) groups is 4. The van der Waals surface area contributed by atoms with Gasteiger partial charge in [-0.05, 0) is 88.8 Å². The first-order chi connectivity index (χ1) is 27.5. The Morgan fingerprint density at radius 1 is 1.02 bits per heavy atom. The summed E-state index contributed by atoms with van der Waals surface area (Å²) in [4.78, 5) is 69.5. The Labute approximate surface area is 347 Å². The third-order valence-electron chi connectivity index (χ3n) is 11.9. The topological polar surface area (TPSA) is 174 Å². The molecule has 14 nitrogen and oxygen atoms in total. The Morgan fingerprint density at radius 2 is 1.68 bits per heavy atom. The lowest BCUT2D eigenvalue weighted by atomic mass is 9.77. The number of ketones is 1. The van der Waals surface area contributed by atoms with E-state index in [1.54, 1.807) is 45.9 Å². The summed E-state index contributed by atoms with van der Waals surface area (Å²) >= 11 is 0. The van der Waals surface area contributed by atoms with Gasteiger partial charge in [0.2, 0.25) is 17.7 Å². The molecular weight excluding hydrogens is 782 g/mol. The highest BCUT2D eigenvalue weighted by molar-refractivity contribution is 7.85. The van der Waals surface area contributed by atoms with Crippen molar-refractivity contribution < 1.29 is 45.6 Å². The zero-order valence-corrected chi connectivity index (χ0v) is 36.5. The molecule has 4 fully saturated rings. The lowest BCUT2D eigenvalue weighted by Crippen LogP contribution is -2.49. The molecule has 2 aliphatic carbocycles. The van der Waals surface area contributed by atoms with E-state index >= 15 is 0 Å². The molecular formula is C43H60FN5O9S. The number of carbonyl (C=O) groups excluding carboxylic acids is 4. The molecule has 2 aliphatic heterocycles. The van der Waals surface area contributed by atoms with Crippen molar-refractivity contribution in [1.82, 2.24) is 19.6 Å². The van der Waals surface area contributed by atoms with Crippen molar-refractivity contribution in [3.05, 3.63) is 47.5 Å². The van der Waals surface area contributed by atoms with Gasteiger partial charge in [-0.3, -0.25) is 19.2 Å². The molecule has 2 saturated carbocycles. The number of halogens is 1. The number of aromatic nitrogens is 2. The normalized spacial score (nSPS) is 24.4. The quantitative estimate of drug-likeness (QED) is 0.200. The number of Topliss-reactive ketones (excluding diaryl/α,β-unsaturated/α-hetero) is 1. The standard InChI is InChI=1S/C43H60FN5O9S/c1-9-28-24-43(28,39(53)47-59(54,55)58-42(8)16-17-42)25-33(50)32-21-30(26-49(32)38(52)31(40(2,3)4)22-37(51)57-41(5,6)7)56-36-23-35(48-18-10-11-19-48)45-34(46-36)20-27-12-14-29(44)15-13-27/h12-15,23,28,30-32H,9-11,16-22,24-26H2,1-8H3,(H,47,53)/t28-,30-,31-,32+,43-/m1/s1. The van der Waals surface area contributed by atoms with Crippen LogP contribution in [0.2, 0.25) is 0 Å². The van der Waals surface area contributed by atoms with E-state index in [9.17, 15) is 32.0 Å². The number of nitrogens with zero attached hydrogens (tertiary/aromatic N) is 4. The minimum atomic E-state index is -4.43. The predicted molar refractivity (Wildman–Crippen MR) is 217 cm³/mol. The second-order valence-corrected chi connectivity index (χ2v) is 20.5. The number of hydrogen-bond acceptors (Lipinski definition) is 12. The Hall–Kier alpha value is -4.18. The van der Waals surface area contributed by atoms with Gasteiger partial charge in [-0.15, -0.1) is 0 Å². The van der Waals surface area contributed by atoms with E-state index in [1.807, 2.05) is 27.7 Å². The van der Waals surface area contributed by atoms with Crippen molar-refractivity contribution in [1.29, 1.82) is 0 Å². The lowest BCUT2D eigenvalue weighted by Gasteiger charge is -2.35. The Morgan fingerprint density at radius 3 is 2.25 bits per heavy atom. The van der Waals surface area contributed by atoms with Crippen molar-refractivity contribution >= 4 is 39.7 Å². The first kappa shape index (κ1) is 44.4. The Kier molecular flexibility index (Phi) is 12.6. The fraction of sp³-hybridized carbons (Fsp3) is 0.674. The molecule has 1 N–H and O–H groups in total. The summed E-state index contributed by atoms with van der Waals surface area (Å²) in [5.74, 6) is -2.28. The number of nitrogens with one attached hydrogen (secondary N) is 1. The van der Waals surface area contributed by atoms with E-state index in [2.05, 4.69) is 9.62 Å². The van der Waals surface area contributed by atoms with Gasteiger partial charge in [-0.25, -0.2) is 18.3 Å². The number of hydrogen-bond donors (Lipinski definition) is 1. The highest BCUT2D eigenvalue weighted by atomic mass is 32.2. The van der Waals surface area contributed by atoms with E-state index in [4.69, 9.17) is 23.6 Å². The molecule has 5 atom stereocenters. The monoisotopic (exact) mass is 841 g/mol. The molecule has 1 aromatic carbocycles. The predicted octanol–water partition coefficient (Wildman–Crippen LogP) is 5.85. The van der Waals surface area contributed by atoms with Gasteiger partial charge >= 0.3 is 16.3 Å². The van der Waals surface area contributed by atoms with Crippen LogP contribution in [0.1, 0.15) is 125 Å². The van der Waals surface area contributed by atoms with E-state index in [1.165, 1.54) is 17.0 Å². The summed E-state index contributed by atoms with van der Waals surface area (Å²) in [5.41, 5.74) is -2.84. The minimum absolute atomic E-state index is 0.0102. The average Bonchev–Trinajstić information content (AvgIpc) is 3.84. The average molecular weight is 842 g/mol. The Balaban J connectivity index is 1.29. The zero-order valence-electron chi connectivity index (χ0n) is 35.6. The van der Waals surface area contributed by atoms with Crippen LogP contribution in [0.4, 0.5) is 10.2 Å². The summed E-state index contributed by atoms with van der Waals surface area (Å²) in [6, 6.07) is 6.81. The van der Waals surface area contributed by atoms with Crippen molar-refractivity contribution in [3.63, 3.8) is 0 Å². The summed E-state index contributed by atoms with van der Waals surface area (Å²) in [7, 11) is -4.43. The van der Waals surface area contributed by atoms with Gasteiger partial charge in [-0.1, -0.05) is 46.2 Å². The summed E-state index contributed by atoms with van der Waals surface area (Å²) < 4.78 is 59.0. The molecule has 6 rings (SSSR count). The number of esters is 1. The van der Waals surface area contributed by atoms with Crippen LogP contribution in [-0.2, 0) is 44.8 Å². The van der Waals surface area contributed by atoms with Crippen LogP contribution < -0.4 is 14.4 Å². The van der Waals surface area contributed by atoms with E-state index < -0.39 is 74.0 Å². The van der Waals surface area contributed by atoms with Crippen LogP contribution in [-0.4, -0.2) is 89.8 Å². The van der Waals surface area contributed by atoms with Crippen LogP contribution >= 0.6 is 0 Å². The van der Waals surface area contributed by atoms with Crippen LogP contribution in [0.15, 0.2) is 30.3 Å². The molecule has 4 aliphatic rings. The minimum Gasteiger partial charge on any atom is -0.472 e. The summed E-state index contributed by atoms with van der Waals surface area (Å²) in [6.45, 7) is 15.9. The number of ether oxygens (including phenoxy) is 2. The lowest BCUT2D eigenvalue weighted by molar-refractivity contribution is -0.161. The largest absolute Gasteiger partial charge is 0.472 e.